The Labute approximate surface area is 118 Å². The van der Waals surface area contributed by atoms with Crippen molar-refractivity contribution in [3.05, 3.63) is 35.4 Å². The molecule has 1 N–H and O–H groups in total. The third-order valence-electron chi connectivity index (χ3n) is 3.66. The summed E-state index contributed by atoms with van der Waals surface area (Å²) in [5, 5.41) is 3.41. The second-order valence-corrected chi connectivity index (χ2v) is 5.33. The van der Waals surface area contributed by atoms with Gasteiger partial charge in [-0.1, -0.05) is 25.1 Å². The molecule has 0 aromatic heterocycles. The number of nitrogens with zero attached hydrogens (tertiary/aromatic N) is 1. The lowest BCUT2D eigenvalue weighted by Gasteiger charge is -2.33. The van der Waals surface area contributed by atoms with E-state index < -0.39 is 11.7 Å². The minimum Gasteiger partial charge on any atom is -0.313 e. The number of hydrogen-bond donors (Lipinski definition) is 1. The molecule has 0 amide bonds. The molecule has 1 atom stereocenters. The number of piperidine rings is 1. The van der Waals surface area contributed by atoms with Crippen molar-refractivity contribution in [2.75, 3.05) is 19.6 Å². The molecule has 2 nitrogen and oxygen atoms in total. The largest absolute Gasteiger partial charge is 0.416 e. The zero-order valence-corrected chi connectivity index (χ0v) is 11.7. The first kappa shape index (κ1) is 15.3. The molecule has 1 unspecified atom stereocenters. The molecule has 1 saturated heterocycles. The van der Waals surface area contributed by atoms with Crippen LogP contribution in [0.1, 0.15) is 30.9 Å². The van der Waals surface area contributed by atoms with Crippen molar-refractivity contribution < 1.29 is 13.2 Å². The van der Waals surface area contributed by atoms with E-state index >= 15 is 0 Å². The molecule has 1 heterocycles. The van der Waals surface area contributed by atoms with Crippen LogP contribution >= 0.6 is 0 Å². The second kappa shape index (κ2) is 6.59. The predicted octanol–water partition coefficient (Wildman–Crippen LogP) is 3.28. The van der Waals surface area contributed by atoms with Gasteiger partial charge in [-0.3, -0.25) is 4.90 Å². The Kier molecular flexibility index (Phi) is 5.05. The molecule has 112 valence electrons. The fourth-order valence-corrected chi connectivity index (χ4v) is 2.76. The molecule has 0 radical (unpaired) electrons. The fraction of sp³-hybridized carbons (Fsp3) is 0.600. The van der Waals surface area contributed by atoms with Crippen LogP contribution in [0.2, 0.25) is 0 Å². The molecule has 1 fully saturated rings. The molecule has 20 heavy (non-hydrogen) atoms. The van der Waals surface area contributed by atoms with Crippen molar-refractivity contribution in [3.8, 4) is 0 Å². The van der Waals surface area contributed by atoms with Crippen molar-refractivity contribution in [2.45, 2.75) is 38.5 Å². The van der Waals surface area contributed by atoms with Gasteiger partial charge in [0.2, 0.25) is 0 Å². The van der Waals surface area contributed by atoms with E-state index in [9.17, 15) is 13.2 Å². The van der Waals surface area contributed by atoms with E-state index in [1.54, 1.807) is 6.07 Å². The number of alkyl halides is 3. The van der Waals surface area contributed by atoms with Crippen LogP contribution in [0.3, 0.4) is 0 Å². The maximum Gasteiger partial charge on any atom is 0.416 e. The summed E-state index contributed by atoms with van der Waals surface area (Å²) < 4.78 is 38.1. The standard InChI is InChI=1S/C15H21F3N2/c1-2-19-14-7-4-8-20(11-14)10-12-5-3-6-13(9-12)15(16,17)18/h3,5-6,9,14,19H,2,4,7-8,10-11H2,1H3. The van der Waals surface area contributed by atoms with E-state index in [1.807, 2.05) is 0 Å². The Balaban J connectivity index is 1.99. The average Bonchev–Trinajstić information content (AvgIpc) is 2.39. The third kappa shape index (κ3) is 4.21. The zero-order valence-electron chi connectivity index (χ0n) is 11.7. The fourth-order valence-electron chi connectivity index (χ4n) is 2.76. The van der Waals surface area contributed by atoms with Gasteiger partial charge in [-0.2, -0.15) is 13.2 Å². The number of rotatable bonds is 4. The summed E-state index contributed by atoms with van der Waals surface area (Å²) in [7, 11) is 0. The van der Waals surface area contributed by atoms with E-state index in [4.69, 9.17) is 0 Å². The molecule has 0 aliphatic carbocycles. The van der Waals surface area contributed by atoms with Crippen molar-refractivity contribution in [1.82, 2.24) is 10.2 Å². The van der Waals surface area contributed by atoms with Crippen LogP contribution in [0, 0.1) is 0 Å². The van der Waals surface area contributed by atoms with Crippen molar-refractivity contribution in [1.29, 1.82) is 0 Å². The minimum absolute atomic E-state index is 0.458. The van der Waals surface area contributed by atoms with Gasteiger partial charge >= 0.3 is 6.18 Å². The molecule has 0 spiro atoms. The predicted molar refractivity (Wildman–Crippen MR) is 73.4 cm³/mol. The lowest BCUT2D eigenvalue weighted by atomic mass is 10.0. The SMILES string of the molecule is CCNC1CCCN(Cc2cccc(C(F)(F)F)c2)C1. The monoisotopic (exact) mass is 286 g/mol. The maximum atomic E-state index is 12.7. The first-order valence-electron chi connectivity index (χ1n) is 7.11. The summed E-state index contributed by atoms with van der Waals surface area (Å²) in [5.74, 6) is 0. The van der Waals surface area contributed by atoms with Crippen LogP contribution in [-0.4, -0.2) is 30.6 Å². The zero-order chi connectivity index (χ0) is 14.6. The minimum atomic E-state index is -4.26. The molecule has 1 aliphatic heterocycles. The number of halogens is 3. The van der Waals surface area contributed by atoms with E-state index in [1.165, 1.54) is 12.1 Å². The molecule has 1 aromatic carbocycles. The summed E-state index contributed by atoms with van der Waals surface area (Å²) in [6, 6.07) is 6.10. The Morgan fingerprint density at radius 2 is 2.15 bits per heavy atom. The Morgan fingerprint density at radius 1 is 1.35 bits per heavy atom. The highest BCUT2D eigenvalue weighted by molar-refractivity contribution is 5.25. The normalized spacial score (nSPS) is 21.1. The molecule has 2 rings (SSSR count). The van der Waals surface area contributed by atoms with Gasteiger partial charge in [0, 0.05) is 19.1 Å². The van der Waals surface area contributed by atoms with Gasteiger partial charge in [0.15, 0.2) is 0 Å². The van der Waals surface area contributed by atoms with Gasteiger partial charge in [-0.15, -0.1) is 0 Å². The summed E-state index contributed by atoms with van der Waals surface area (Å²) in [6.45, 7) is 5.46. The van der Waals surface area contributed by atoms with Crippen LogP contribution in [0.4, 0.5) is 13.2 Å². The van der Waals surface area contributed by atoms with Crippen LogP contribution in [0.25, 0.3) is 0 Å². The highest BCUT2D eigenvalue weighted by Crippen LogP contribution is 2.29. The highest BCUT2D eigenvalue weighted by atomic mass is 19.4. The summed E-state index contributed by atoms with van der Waals surface area (Å²) in [6.07, 6.45) is -2.02. The van der Waals surface area contributed by atoms with Gasteiger partial charge in [-0.05, 0) is 37.6 Å². The van der Waals surface area contributed by atoms with Crippen LogP contribution in [0.15, 0.2) is 24.3 Å². The molecule has 5 heteroatoms. The van der Waals surface area contributed by atoms with Crippen LogP contribution in [-0.2, 0) is 12.7 Å². The van der Waals surface area contributed by atoms with Crippen molar-refractivity contribution in [3.63, 3.8) is 0 Å². The number of nitrogens with one attached hydrogen (secondary N) is 1. The van der Waals surface area contributed by atoms with E-state index in [2.05, 4.69) is 17.1 Å². The lowest BCUT2D eigenvalue weighted by Crippen LogP contribution is -2.45. The van der Waals surface area contributed by atoms with Gasteiger partial charge in [0.05, 0.1) is 5.56 Å². The van der Waals surface area contributed by atoms with Gasteiger partial charge in [-0.25, -0.2) is 0 Å². The maximum absolute atomic E-state index is 12.7. The third-order valence-corrected chi connectivity index (χ3v) is 3.66. The highest BCUT2D eigenvalue weighted by Gasteiger charge is 2.30. The van der Waals surface area contributed by atoms with Crippen LogP contribution < -0.4 is 5.32 Å². The number of likely N-dealkylation sites (tertiary alicyclic amines) is 1. The summed E-state index contributed by atoms with van der Waals surface area (Å²) in [5.41, 5.74) is 0.173. The molecular formula is C15H21F3N2. The number of likely N-dealkylation sites (N-methyl/N-ethyl adjacent to an activating group) is 1. The first-order valence-corrected chi connectivity index (χ1v) is 7.11. The average molecular weight is 286 g/mol. The molecule has 0 saturated carbocycles. The van der Waals surface area contributed by atoms with Crippen molar-refractivity contribution >= 4 is 0 Å². The first-order chi connectivity index (χ1) is 9.49. The molecule has 1 aliphatic rings. The number of hydrogen-bond acceptors (Lipinski definition) is 2. The second-order valence-electron chi connectivity index (χ2n) is 5.33. The van der Waals surface area contributed by atoms with Crippen LogP contribution in [0.5, 0.6) is 0 Å². The smallest absolute Gasteiger partial charge is 0.313 e. The summed E-state index contributed by atoms with van der Waals surface area (Å²) >= 11 is 0. The molecule has 0 bridgehead atoms. The molecular weight excluding hydrogens is 265 g/mol. The quantitative estimate of drug-likeness (QED) is 0.914. The van der Waals surface area contributed by atoms with Crippen molar-refractivity contribution in [2.24, 2.45) is 0 Å². The van der Waals surface area contributed by atoms with E-state index in [0.717, 1.165) is 44.1 Å². The van der Waals surface area contributed by atoms with Gasteiger partial charge < -0.3 is 5.32 Å². The number of benzene rings is 1. The topological polar surface area (TPSA) is 15.3 Å². The Hall–Kier alpha value is -1.07. The lowest BCUT2D eigenvalue weighted by molar-refractivity contribution is -0.137. The molecule has 1 aromatic rings. The van der Waals surface area contributed by atoms with E-state index in [-0.39, 0.29) is 0 Å². The van der Waals surface area contributed by atoms with E-state index in [0.29, 0.717) is 12.6 Å². The Bertz CT molecular complexity index is 429. The van der Waals surface area contributed by atoms with Gasteiger partial charge in [0.1, 0.15) is 0 Å². The Morgan fingerprint density at radius 3 is 2.85 bits per heavy atom. The summed E-state index contributed by atoms with van der Waals surface area (Å²) in [4.78, 5) is 2.23. The van der Waals surface area contributed by atoms with Gasteiger partial charge in [0.25, 0.3) is 0 Å².